The summed E-state index contributed by atoms with van der Waals surface area (Å²) in [5.41, 5.74) is 1.73. The first-order chi connectivity index (χ1) is 14.7. The number of piperidine rings is 1. The highest BCUT2D eigenvalue weighted by molar-refractivity contribution is 5.92. The summed E-state index contributed by atoms with van der Waals surface area (Å²) in [6.45, 7) is 3.25. The predicted octanol–water partition coefficient (Wildman–Crippen LogP) is 3.47. The summed E-state index contributed by atoms with van der Waals surface area (Å²) in [5.74, 6) is 0.753. The molecule has 1 amide bonds. The lowest BCUT2D eigenvalue weighted by Crippen LogP contribution is -2.57. The van der Waals surface area contributed by atoms with Gasteiger partial charge in [-0.3, -0.25) is 9.69 Å². The second kappa shape index (κ2) is 9.60. The van der Waals surface area contributed by atoms with Crippen LogP contribution in [0.1, 0.15) is 24.8 Å². The molecular weight excluding hydrogens is 380 g/mol. The van der Waals surface area contributed by atoms with Gasteiger partial charge >= 0.3 is 0 Å². The number of methoxy groups -OCH3 is 1. The van der Waals surface area contributed by atoms with E-state index in [0.717, 1.165) is 56.0 Å². The molecule has 1 spiro atoms. The topological polar surface area (TPSA) is 60.0 Å². The fourth-order valence-electron chi connectivity index (χ4n) is 4.38. The third kappa shape index (κ3) is 5.01. The molecule has 2 saturated heterocycles. The zero-order valence-electron chi connectivity index (χ0n) is 17.5. The van der Waals surface area contributed by atoms with Crippen LogP contribution in [0.2, 0.25) is 0 Å². The van der Waals surface area contributed by atoms with Gasteiger partial charge in [-0.05, 0) is 49.1 Å². The van der Waals surface area contributed by atoms with Crippen LogP contribution in [0.5, 0.6) is 5.75 Å². The number of benzene rings is 2. The Morgan fingerprint density at radius 1 is 1.17 bits per heavy atom. The maximum atomic E-state index is 12.5. The predicted molar refractivity (Wildman–Crippen MR) is 116 cm³/mol. The molecule has 6 heteroatoms. The molecule has 4 rings (SSSR count). The molecule has 2 aromatic carbocycles. The normalized spacial score (nSPS) is 24.1. The molecule has 2 aliphatic heterocycles. The van der Waals surface area contributed by atoms with Crippen molar-refractivity contribution in [2.75, 3.05) is 38.7 Å². The number of anilines is 1. The molecule has 0 aliphatic carbocycles. The number of hydrogen-bond donors (Lipinski definition) is 1. The van der Waals surface area contributed by atoms with E-state index in [0.29, 0.717) is 13.2 Å². The number of likely N-dealkylation sites (tertiary alicyclic amines) is 1. The first-order valence-corrected chi connectivity index (χ1v) is 10.6. The number of ether oxygens (including phenoxy) is 3. The van der Waals surface area contributed by atoms with Crippen LogP contribution in [0, 0.1) is 0 Å². The molecule has 160 valence electrons. The van der Waals surface area contributed by atoms with E-state index in [1.54, 1.807) is 7.11 Å². The Morgan fingerprint density at radius 2 is 1.97 bits per heavy atom. The average molecular weight is 411 g/mol. The minimum absolute atomic E-state index is 0.0163. The van der Waals surface area contributed by atoms with Crippen LogP contribution in [-0.4, -0.2) is 55.9 Å². The summed E-state index contributed by atoms with van der Waals surface area (Å²) in [6.07, 6.45) is 3.06. The SMILES string of the molecule is CO[C@@H]1CN(CC(=O)Nc2ccc(OCc3ccccc3)cc2)CC[C@@]12CCCO2. The van der Waals surface area contributed by atoms with Crippen LogP contribution in [0.3, 0.4) is 0 Å². The van der Waals surface area contributed by atoms with Gasteiger partial charge in [0.15, 0.2) is 0 Å². The zero-order valence-corrected chi connectivity index (χ0v) is 17.5. The van der Waals surface area contributed by atoms with E-state index in [1.807, 2.05) is 54.6 Å². The molecule has 2 heterocycles. The molecular formula is C24H30N2O4. The number of carbonyl (C=O) groups excluding carboxylic acids is 1. The lowest BCUT2D eigenvalue weighted by molar-refractivity contribution is -0.145. The molecule has 0 bridgehead atoms. The maximum Gasteiger partial charge on any atom is 0.238 e. The zero-order chi connectivity index (χ0) is 20.8. The van der Waals surface area contributed by atoms with E-state index in [4.69, 9.17) is 14.2 Å². The van der Waals surface area contributed by atoms with Crippen molar-refractivity contribution in [3.05, 3.63) is 60.2 Å². The molecule has 2 fully saturated rings. The monoisotopic (exact) mass is 410 g/mol. The van der Waals surface area contributed by atoms with Crippen molar-refractivity contribution in [2.24, 2.45) is 0 Å². The van der Waals surface area contributed by atoms with Crippen LogP contribution in [0.15, 0.2) is 54.6 Å². The molecule has 2 atom stereocenters. The maximum absolute atomic E-state index is 12.5. The van der Waals surface area contributed by atoms with E-state index in [-0.39, 0.29) is 17.6 Å². The van der Waals surface area contributed by atoms with Crippen molar-refractivity contribution in [3.63, 3.8) is 0 Å². The van der Waals surface area contributed by atoms with Crippen LogP contribution in [0.25, 0.3) is 0 Å². The van der Waals surface area contributed by atoms with Crippen molar-refractivity contribution >= 4 is 11.6 Å². The Kier molecular flexibility index (Phi) is 6.67. The first kappa shape index (κ1) is 20.8. The standard InChI is InChI=1S/C24H30N2O4/c1-28-22-16-26(14-13-24(22)12-5-15-30-24)17-23(27)25-20-8-10-21(11-9-20)29-18-19-6-3-2-4-7-19/h2-4,6-11,22H,5,12-18H2,1H3,(H,25,27)/t22-,24+/m1/s1. The number of hydrogen-bond acceptors (Lipinski definition) is 5. The number of amides is 1. The summed E-state index contributed by atoms with van der Waals surface area (Å²) in [7, 11) is 1.74. The van der Waals surface area contributed by atoms with Crippen LogP contribution >= 0.6 is 0 Å². The highest BCUT2D eigenvalue weighted by Gasteiger charge is 2.46. The molecule has 0 unspecified atom stereocenters. The molecule has 0 radical (unpaired) electrons. The second-order valence-electron chi connectivity index (χ2n) is 8.07. The Morgan fingerprint density at radius 3 is 2.67 bits per heavy atom. The van der Waals surface area contributed by atoms with E-state index >= 15 is 0 Å². The van der Waals surface area contributed by atoms with Gasteiger partial charge in [-0.15, -0.1) is 0 Å². The van der Waals surface area contributed by atoms with E-state index in [1.165, 1.54) is 0 Å². The van der Waals surface area contributed by atoms with E-state index < -0.39 is 0 Å². The third-order valence-corrected chi connectivity index (χ3v) is 6.03. The highest BCUT2D eigenvalue weighted by atomic mass is 16.5. The largest absolute Gasteiger partial charge is 0.489 e. The quantitative estimate of drug-likeness (QED) is 0.757. The summed E-state index contributed by atoms with van der Waals surface area (Å²) in [4.78, 5) is 14.7. The van der Waals surface area contributed by atoms with Gasteiger partial charge in [-0.1, -0.05) is 30.3 Å². The number of carbonyl (C=O) groups is 1. The van der Waals surface area contributed by atoms with Crippen molar-refractivity contribution in [3.8, 4) is 5.75 Å². The Bertz CT molecular complexity index is 819. The Labute approximate surface area is 178 Å². The lowest BCUT2D eigenvalue weighted by Gasteiger charge is -2.44. The van der Waals surface area contributed by atoms with Gasteiger partial charge in [-0.25, -0.2) is 0 Å². The molecule has 6 nitrogen and oxygen atoms in total. The molecule has 2 aromatic rings. The molecule has 0 aromatic heterocycles. The number of nitrogens with one attached hydrogen (secondary N) is 1. The minimum atomic E-state index is -0.155. The smallest absolute Gasteiger partial charge is 0.238 e. The summed E-state index contributed by atoms with van der Waals surface area (Å²) in [5, 5.41) is 2.98. The van der Waals surface area contributed by atoms with Crippen molar-refractivity contribution in [1.29, 1.82) is 0 Å². The third-order valence-electron chi connectivity index (χ3n) is 6.03. The number of rotatable bonds is 7. The highest BCUT2D eigenvalue weighted by Crippen LogP contribution is 2.37. The van der Waals surface area contributed by atoms with Gasteiger partial charge in [0, 0.05) is 32.5 Å². The fourth-order valence-corrected chi connectivity index (χ4v) is 4.38. The second-order valence-corrected chi connectivity index (χ2v) is 8.07. The summed E-state index contributed by atoms with van der Waals surface area (Å²) in [6, 6.07) is 17.5. The van der Waals surface area contributed by atoms with Gasteiger partial charge in [-0.2, -0.15) is 0 Å². The van der Waals surface area contributed by atoms with Crippen LogP contribution in [-0.2, 0) is 20.9 Å². The van der Waals surface area contributed by atoms with E-state index in [9.17, 15) is 4.79 Å². The van der Waals surface area contributed by atoms with Gasteiger partial charge < -0.3 is 19.5 Å². The molecule has 1 N–H and O–H groups in total. The van der Waals surface area contributed by atoms with Gasteiger partial charge in [0.2, 0.25) is 5.91 Å². The van der Waals surface area contributed by atoms with Gasteiger partial charge in [0.05, 0.1) is 18.2 Å². The van der Waals surface area contributed by atoms with E-state index in [2.05, 4.69) is 10.2 Å². The van der Waals surface area contributed by atoms with Gasteiger partial charge in [0.25, 0.3) is 0 Å². The van der Waals surface area contributed by atoms with Crippen LogP contribution < -0.4 is 10.1 Å². The van der Waals surface area contributed by atoms with Gasteiger partial charge in [0.1, 0.15) is 12.4 Å². The molecule has 30 heavy (non-hydrogen) atoms. The number of nitrogens with zero attached hydrogens (tertiary/aromatic N) is 1. The Balaban J connectivity index is 1.25. The molecule has 0 saturated carbocycles. The fraction of sp³-hybridized carbons (Fsp3) is 0.458. The lowest BCUT2D eigenvalue weighted by atomic mass is 9.86. The molecule has 2 aliphatic rings. The first-order valence-electron chi connectivity index (χ1n) is 10.6. The minimum Gasteiger partial charge on any atom is -0.489 e. The summed E-state index contributed by atoms with van der Waals surface area (Å²) >= 11 is 0. The van der Waals surface area contributed by atoms with Crippen LogP contribution in [0.4, 0.5) is 5.69 Å². The Hall–Kier alpha value is -2.41. The summed E-state index contributed by atoms with van der Waals surface area (Å²) < 4.78 is 17.5. The van der Waals surface area contributed by atoms with Crippen molar-refractivity contribution in [1.82, 2.24) is 4.90 Å². The average Bonchev–Trinajstić information content (AvgIpc) is 3.24. The van der Waals surface area contributed by atoms with Crippen molar-refractivity contribution < 1.29 is 19.0 Å². The van der Waals surface area contributed by atoms with Crippen molar-refractivity contribution in [2.45, 2.75) is 37.6 Å².